The van der Waals surface area contributed by atoms with Crippen molar-refractivity contribution >= 4 is 0 Å². The average molecular weight is 233 g/mol. The molecule has 0 bridgehead atoms. The van der Waals surface area contributed by atoms with Crippen LogP contribution in [0, 0.1) is 22.7 Å². The van der Waals surface area contributed by atoms with Gasteiger partial charge in [-0.3, -0.25) is 0 Å². The monoisotopic (exact) mass is 233 g/mol. The summed E-state index contributed by atoms with van der Waals surface area (Å²) in [7, 11) is 1.76. The SMILES string of the molecule is CCC1CCCC(C#N)(Cc2nnn(C)n2)C1. The molecule has 0 aliphatic heterocycles. The van der Waals surface area contributed by atoms with Crippen molar-refractivity contribution in [2.24, 2.45) is 18.4 Å². The Morgan fingerprint density at radius 1 is 1.59 bits per heavy atom. The van der Waals surface area contributed by atoms with E-state index in [1.165, 1.54) is 11.2 Å². The van der Waals surface area contributed by atoms with Gasteiger partial charge in [-0.25, -0.2) is 0 Å². The van der Waals surface area contributed by atoms with Gasteiger partial charge in [-0.15, -0.1) is 10.2 Å². The third-order valence-corrected chi connectivity index (χ3v) is 3.81. The van der Waals surface area contributed by atoms with Crippen LogP contribution in [-0.2, 0) is 13.5 Å². The molecule has 5 nitrogen and oxygen atoms in total. The predicted molar refractivity (Wildman–Crippen MR) is 62.8 cm³/mol. The third kappa shape index (κ3) is 2.63. The molecule has 92 valence electrons. The molecule has 1 aliphatic carbocycles. The molecule has 1 saturated carbocycles. The van der Waals surface area contributed by atoms with E-state index in [1.54, 1.807) is 7.05 Å². The molecule has 0 amide bonds. The summed E-state index contributed by atoms with van der Waals surface area (Å²) in [4.78, 5) is 1.46. The third-order valence-electron chi connectivity index (χ3n) is 3.81. The van der Waals surface area contributed by atoms with Gasteiger partial charge in [0.1, 0.15) is 0 Å². The van der Waals surface area contributed by atoms with E-state index in [4.69, 9.17) is 0 Å². The van der Waals surface area contributed by atoms with E-state index in [0.717, 1.165) is 25.7 Å². The highest BCUT2D eigenvalue weighted by molar-refractivity contribution is 5.06. The van der Waals surface area contributed by atoms with Crippen LogP contribution in [0.15, 0.2) is 0 Å². The van der Waals surface area contributed by atoms with Crippen molar-refractivity contribution in [2.75, 3.05) is 0 Å². The van der Waals surface area contributed by atoms with Crippen molar-refractivity contribution in [3.05, 3.63) is 5.82 Å². The van der Waals surface area contributed by atoms with Gasteiger partial charge in [-0.05, 0) is 24.0 Å². The number of rotatable bonds is 3. The maximum atomic E-state index is 9.49. The van der Waals surface area contributed by atoms with Crippen LogP contribution >= 0.6 is 0 Å². The first kappa shape index (κ1) is 12.0. The Kier molecular flexibility index (Phi) is 3.41. The quantitative estimate of drug-likeness (QED) is 0.799. The van der Waals surface area contributed by atoms with Gasteiger partial charge in [-0.2, -0.15) is 10.1 Å². The summed E-state index contributed by atoms with van der Waals surface area (Å²) in [5, 5.41) is 21.5. The first-order chi connectivity index (χ1) is 8.17. The Morgan fingerprint density at radius 2 is 2.41 bits per heavy atom. The highest BCUT2D eigenvalue weighted by atomic mass is 15.6. The Hall–Kier alpha value is -1.44. The Labute approximate surface area is 102 Å². The van der Waals surface area contributed by atoms with E-state index >= 15 is 0 Å². The summed E-state index contributed by atoms with van der Waals surface area (Å²) in [6.07, 6.45) is 6.17. The summed E-state index contributed by atoms with van der Waals surface area (Å²) in [5.41, 5.74) is -0.262. The second kappa shape index (κ2) is 4.82. The zero-order valence-corrected chi connectivity index (χ0v) is 10.6. The Balaban J connectivity index is 2.12. The second-order valence-corrected chi connectivity index (χ2v) is 5.13. The molecule has 2 unspecified atom stereocenters. The molecule has 0 saturated heterocycles. The molecular weight excluding hydrogens is 214 g/mol. The summed E-state index contributed by atoms with van der Waals surface area (Å²) >= 11 is 0. The molecule has 0 spiro atoms. The number of aryl methyl sites for hydroxylation is 1. The molecule has 17 heavy (non-hydrogen) atoms. The molecule has 0 N–H and O–H groups in total. The summed E-state index contributed by atoms with van der Waals surface area (Å²) in [5.74, 6) is 1.38. The van der Waals surface area contributed by atoms with Crippen LogP contribution in [0.5, 0.6) is 0 Å². The van der Waals surface area contributed by atoms with Crippen molar-refractivity contribution in [3.8, 4) is 6.07 Å². The molecule has 0 radical (unpaired) electrons. The summed E-state index contributed by atoms with van der Waals surface area (Å²) in [6.45, 7) is 2.21. The normalized spacial score (nSPS) is 28.9. The minimum atomic E-state index is -0.262. The smallest absolute Gasteiger partial charge is 0.176 e. The standard InChI is InChI=1S/C12H19N5/c1-3-10-5-4-6-12(7-10,9-13)8-11-14-16-17(2)15-11/h10H,3-8H2,1-2H3. The van der Waals surface area contributed by atoms with Crippen molar-refractivity contribution in [3.63, 3.8) is 0 Å². The van der Waals surface area contributed by atoms with Crippen LogP contribution in [0.2, 0.25) is 0 Å². The summed E-state index contributed by atoms with van der Waals surface area (Å²) in [6, 6.07) is 2.52. The lowest BCUT2D eigenvalue weighted by Crippen LogP contribution is -2.30. The zero-order chi connectivity index (χ0) is 12.3. The fourth-order valence-electron chi connectivity index (χ4n) is 2.83. The molecular formula is C12H19N5. The van der Waals surface area contributed by atoms with E-state index in [0.29, 0.717) is 18.2 Å². The molecule has 2 rings (SSSR count). The van der Waals surface area contributed by atoms with E-state index in [1.807, 2.05) is 0 Å². The highest BCUT2D eigenvalue weighted by Crippen LogP contribution is 2.42. The van der Waals surface area contributed by atoms with Gasteiger partial charge in [0.05, 0.1) is 18.5 Å². The van der Waals surface area contributed by atoms with Gasteiger partial charge in [0.25, 0.3) is 0 Å². The van der Waals surface area contributed by atoms with Gasteiger partial charge >= 0.3 is 0 Å². The second-order valence-electron chi connectivity index (χ2n) is 5.13. The maximum Gasteiger partial charge on any atom is 0.176 e. The first-order valence-electron chi connectivity index (χ1n) is 6.31. The van der Waals surface area contributed by atoms with Gasteiger partial charge in [0, 0.05) is 6.42 Å². The van der Waals surface area contributed by atoms with E-state index in [9.17, 15) is 5.26 Å². The number of tetrazole rings is 1. The Morgan fingerprint density at radius 3 is 3.00 bits per heavy atom. The number of nitriles is 1. The molecule has 1 fully saturated rings. The van der Waals surface area contributed by atoms with E-state index in [2.05, 4.69) is 28.4 Å². The molecule has 5 heteroatoms. The van der Waals surface area contributed by atoms with E-state index in [-0.39, 0.29) is 5.41 Å². The lowest BCUT2D eigenvalue weighted by Gasteiger charge is -2.34. The number of aromatic nitrogens is 4. The first-order valence-corrected chi connectivity index (χ1v) is 6.31. The largest absolute Gasteiger partial charge is 0.198 e. The van der Waals surface area contributed by atoms with Crippen molar-refractivity contribution in [1.29, 1.82) is 5.26 Å². The number of nitrogens with zero attached hydrogens (tertiary/aromatic N) is 5. The molecule has 1 aliphatic rings. The van der Waals surface area contributed by atoms with Gasteiger partial charge in [0.15, 0.2) is 5.82 Å². The van der Waals surface area contributed by atoms with Crippen LogP contribution in [0.3, 0.4) is 0 Å². The molecule has 1 heterocycles. The number of hydrogen-bond donors (Lipinski definition) is 0. The van der Waals surface area contributed by atoms with Crippen LogP contribution in [0.1, 0.15) is 44.9 Å². The zero-order valence-electron chi connectivity index (χ0n) is 10.6. The molecule has 2 atom stereocenters. The topological polar surface area (TPSA) is 67.4 Å². The average Bonchev–Trinajstić information content (AvgIpc) is 2.75. The molecule has 0 aromatic carbocycles. The van der Waals surface area contributed by atoms with Crippen molar-refractivity contribution in [2.45, 2.75) is 45.4 Å². The van der Waals surface area contributed by atoms with Crippen LogP contribution < -0.4 is 0 Å². The fraction of sp³-hybridized carbons (Fsp3) is 0.833. The van der Waals surface area contributed by atoms with Crippen molar-refractivity contribution in [1.82, 2.24) is 20.2 Å². The highest BCUT2D eigenvalue weighted by Gasteiger charge is 2.37. The van der Waals surface area contributed by atoms with Gasteiger partial charge in [-0.1, -0.05) is 26.2 Å². The maximum absolute atomic E-state index is 9.49. The van der Waals surface area contributed by atoms with Gasteiger partial charge in [0.2, 0.25) is 0 Å². The van der Waals surface area contributed by atoms with Crippen LogP contribution in [-0.4, -0.2) is 20.2 Å². The van der Waals surface area contributed by atoms with Crippen molar-refractivity contribution < 1.29 is 0 Å². The Bertz CT molecular complexity index is 419. The van der Waals surface area contributed by atoms with Gasteiger partial charge < -0.3 is 0 Å². The lowest BCUT2D eigenvalue weighted by atomic mass is 9.68. The molecule has 1 aromatic rings. The minimum absolute atomic E-state index is 0.262. The number of hydrogen-bond acceptors (Lipinski definition) is 4. The van der Waals surface area contributed by atoms with Crippen LogP contribution in [0.25, 0.3) is 0 Å². The lowest BCUT2D eigenvalue weighted by molar-refractivity contribution is 0.191. The summed E-state index contributed by atoms with van der Waals surface area (Å²) < 4.78 is 0. The predicted octanol–water partition coefficient (Wildman–Crippen LogP) is 1.86. The minimum Gasteiger partial charge on any atom is -0.198 e. The van der Waals surface area contributed by atoms with Crippen LogP contribution in [0.4, 0.5) is 0 Å². The molecule has 1 aromatic heterocycles. The fourth-order valence-corrected chi connectivity index (χ4v) is 2.83. The van der Waals surface area contributed by atoms with E-state index < -0.39 is 0 Å².